The predicted octanol–water partition coefficient (Wildman–Crippen LogP) is 1.96. The molecule has 2 N–H and O–H groups in total. The van der Waals surface area contributed by atoms with Crippen LogP contribution in [0.25, 0.3) is 0 Å². The van der Waals surface area contributed by atoms with Gasteiger partial charge in [0, 0.05) is 12.1 Å². The summed E-state index contributed by atoms with van der Waals surface area (Å²) in [6.45, 7) is 6.58. The van der Waals surface area contributed by atoms with E-state index < -0.39 is 0 Å². The van der Waals surface area contributed by atoms with Crippen molar-refractivity contribution < 1.29 is 9.53 Å². The summed E-state index contributed by atoms with van der Waals surface area (Å²) >= 11 is 0. The van der Waals surface area contributed by atoms with Crippen molar-refractivity contribution in [2.45, 2.75) is 32.2 Å². The van der Waals surface area contributed by atoms with Crippen LogP contribution >= 0.6 is 0 Å². The Balaban J connectivity index is 2.02. The Morgan fingerprint density at radius 2 is 2.37 bits per heavy atom. The average molecular weight is 262 g/mol. The molecule has 19 heavy (non-hydrogen) atoms. The lowest BCUT2D eigenvalue weighted by atomic mass is 10.0. The molecular formula is C15H22N2O2. The summed E-state index contributed by atoms with van der Waals surface area (Å²) < 4.78 is 5.55. The molecule has 1 unspecified atom stereocenters. The summed E-state index contributed by atoms with van der Waals surface area (Å²) in [5, 5.41) is 6.37. The quantitative estimate of drug-likeness (QED) is 0.853. The van der Waals surface area contributed by atoms with Crippen LogP contribution in [-0.4, -0.2) is 31.1 Å². The Hall–Kier alpha value is -1.55. The van der Waals surface area contributed by atoms with Gasteiger partial charge in [-0.1, -0.05) is 13.0 Å². The maximum atomic E-state index is 12.2. The molecule has 1 aliphatic heterocycles. The van der Waals surface area contributed by atoms with Crippen LogP contribution in [0.4, 0.5) is 0 Å². The molecule has 4 nitrogen and oxygen atoms in total. The number of carbonyl (C=O) groups is 1. The molecule has 1 saturated heterocycles. The minimum Gasteiger partial charge on any atom is -0.494 e. The molecule has 1 atom stereocenters. The van der Waals surface area contributed by atoms with Crippen LogP contribution in [0.3, 0.4) is 0 Å². The lowest BCUT2D eigenvalue weighted by Gasteiger charge is -2.24. The SMILES string of the molecule is CCCOc1cccc(C(=O)NC2(C)CCNC2)c1. The largest absolute Gasteiger partial charge is 0.494 e. The van der Waals surface area contributed by atoms with Crippen LogP contribution in [-0.2, 0) is 0 Å². The lowest BCUT2D eigenvalue weighted by molar-refractivity contribution is 0.0912. The third-order valence-corrected chi connectivity index (χ3v) is 3.35. The van der Waals surface area contributed by atoms with Gasteiger partial charge in [-0.05, 0) is 44.5 Å². The molecule has 2 rings (SSSR count). The number of hydrogen-bond acceptors (Lipinski definition) is 3. The van der Waals surface area contributed by atoms with Gasteiger partial charge in [0.1, 0.15) is 5.75 Å². The van der Waals surface area contributed by atoms with Crippen molar-refractivity contribution >= 4 is 5.91 Å². The van der Waals surface area contributed by atoms with Gasteiger partial charge in [0.2, 0.25) is 0 Å². The van der Waals surface area contributed by atoms with Crippen LogP contribution < -0.4 is 15.4 Å². The number of benzene rings is 1. The van der Waals surface area contributed by atoms with Crippen molar-refractivity contribution in [3.05, 3.63) is 29.8 Å². The van der Waals surface area contributed by atoms with E-state index in [4.69, 9.17) is 4.74 Å². The fourth-order valence-corrected chi connectivity index (χ4v) is 2.22. The molecule has 1 aliphatic rings. The molecule has 1 aromatic rings. The van der Waals surface area contributed by atoms with Crippen molar-refractivity contribution in [1.29, 1.82) is 0 Å². The zero-order valence-electron chi connectivity index (χ0n) is 11.7. The maximum absolute atomic E-state index is 12.2. The molecule has 0 spiro atoms. The maximum Gasteiger partial charge on any atom is 0.251 e. The standard InChI is InChI=1S/C15H22N2O2/c1-3-9-19-13-6-4-5-12(10-13)14(18)17-15(2)7-8-16-11-15/h4-6,10,16H,3,7-9,11H2,1-2H3,(H,17,18). The summed E-state index contributed by atoms with van der Waals surface area (Å²) in [5.74, 6) is 0.720. The van der Waals surface area contributed by atoms with Gasteiger partial charge < -0.3 is 15.4 Å². The van der Waals surface area contributed by atoms with Gasteiger partial charge in [-0.25, -0.2) is 0 Å². The second-order valence-electron chi connectivity index (χ2n) is 5.32. The highest BCUT2D eigenvalue weighted by atomic mass is 16.5. The van der Waals surface area contributed by atoms with E-state index >= 15 is 0 Å². The van der Waals surface area contributed by atoms with Crippen molar-refractivity contribution in [1.82, 2.24) is 10.6 Å². The molecule has 1 heterocycles. The second-order valence-corrected chi connectivity index (χ2v) is 5.32. The molecule has 4 heteroatoms. The predicted molar refractivity (Wildman–Crippen MR) is 75.6 cm³/mol. The first-order valence-corrected chi connectivity index (χ1v) is 6.89. The van der Waals surface area contributed by atoms with E-state index in [1.54, 1.807) is 6.07 Å². The zero-order chi connectivity index (χ0) is 13.7. The molecule has 0 bridgehead atoms. The van der Waals surface area contributed by atoms with E-state index in [1.165, 1.54) is 0 Å². The highest BCUT2D eigenvalue weighted by Crippen LogP contribution is 2.17. The highest BCUT2D eigenvalue weighted by Gasteiger charge is 2.30. The summed E-state index contributed by atoms with van der Waals surface area (Å²) in [6, 6.07) is 7.36. The Kier molecular flexibility index (Phi) is 4.43. The zero-order valence-corrected chi connectivity index (χ0v) is 11.7. The van der Waals surface area contributed by atoms with Gasteiger partial charge >= 0.3 is 0 Å². The van der Waals surface area contributed by atoms with Crippen LogP contribution in [0, 0.1) is 0 Å². The van der Waals surface area contributed by atoms with Crippen LogP contribution in [0.5, 0.6) is 5.75 Å². The second kappa shape index (κ2) is 6.06. The Morgan fingerprint density at radius 3 is 3.05 bits per heavy atom. The minimum atomic E-state index is -0.142. The van der Waals surface area contributed by atoms with Gasteiger partial charge in [0.15, 0.2) is 0 Å². The number of hydrogen-bond donors (Lipinski definition) is 2. The first-order valence-electron chi connectivity index (χ1n) is 6.89. The fraction of sp³-hybridized carbons (Fsp3) is 0.533. The molecule has 1 amide bonds. The van der Waals surface area contributed by atoms with Gasteiger partial charge in [0.25, 0.3) is 5.91 Å². The van der Waals surface area contributed by atoms with Gasteiger partial charge in [0.05, 0.1) is 12.1 Å². The monoisotopic (exact) mass is 262 g/mol. The molecule has 1 fully saturated rings. The summed E-state index contributed by atoms with van der Waals surface area (Å²) in [5.41, 5.74) is 0.513. The van der Waals surface area contributed by atoms with Gasteiger partial charge in [-0.2, -0.15) is 0 Å². The molecule has 104 valence electrons. The number of rotatable bonds is 5. The third-order valence-electron chi connectivity index (χ3n) is 3.35. The van der Waals surface area contributed by atoms with E-state index in [-0.39, 0.29) is 11.4 Å². The number of amides is 1. The third kappa shape index (κ3) is 3.70. The van der Waals surface area contributed by atoms with E-state index in [0.717, 1.165) is 31.7 Å². The average Bonchev–Trinajstić information content (AvgIpc) is 2.83. The van der Waals surface area contributed by atoms with Gasteiger partial charge in [-0.15, -0.1) is 0 Å². The Bertz CT molecular complexity index is 440. The van der Waals surface area contributed by atoms with Crippen molar-refractivity contribution in [2.75, 3.05) is 19.7 Å². The topological polar surface area (TPSA) is 50.4 Å². The fourth-order valence-electron chi connectivity index (χ4n) is 2.22. The van der Waals surface area contributed by atoms with E-state index in [2.05, 4.69) is 24.5 Å². The van der Waals surface area contributed by atoms with E-state index in [9.17, 15) is 4.79 Å². The Morgan fingerprint density at radius 1 is 1.53 bits per heavy atom. The molecule has 1 aromatic carbocycles. The summed E-state index contributed by atoms with van der Waals surface area (Å²) in [6.07, 6.45) is 1.92. The van der Waals surface area contributed by atoms with Crippen molar-refractivity contribution in [3.63, 3.8) is 0 Å². The first kappa shape index (κ1) is 13.9. The number of carbonyl (C=O) groups excluding carboxylic acids is 1. The summed E-state index contributed by atoms with van der Waals surface area (Å²) in [4.78, 5) is 12.2. The molecule has 0 saturated carbocycles. The smallest absolute Gasteiger partial charge is 0.251 e. The Labute approximate surface area is 114 Å². The molecule has 0 aliphatic carbocycles. The van der Waals surface area contributed by atoms with E-state index in [0.29, 0.717) is 12.2 Å². The van der Waals surface area contributed by atoms with Crippen LogP contribution in [0.1, 0.15) is 37.0 Å². The van der Waals surface area contributed by atoms with Crippen LogP contribution in [0.15, 0.2) is 24.3 Å². The number of nitrogens with one attached hydrogen (secondary N) is 2. The van der Waals surface area contributed by atoms with Crippen molar-refractivity contribution in [3.8, 4) is 5.75 Å². The molecule has 0 aromatic heterocycles. The lowest BCUT2D eigenvalue weighted by Crippen LogP contribution is -2.47. The minimum absolute atomic E-state index is 0.0341. The summed E-state index contributed by atoms with van der Waals surface area (Å²) in [7, 11) is 0. The number of ether oxygens (including phenoxy) is 1. The first-order chi connectivity index (χ1) is 9.13. The molecule has 0 radical (unpaired) electrons. The van der Waals surface area contributed by atoms with Crippen molar-refractivity contribution in [2.24, 2.45) is 0 Å². The van der Waals surface area contributed by atoms with E-state index in [1.807, 2.05) is 18.2 Å². The molecular weight excluding hydrogens is 240 g/mol. The van der Waals surface area contributed by atoms with Gasteiger partial charge in [-0.3, -0.25) is 4.79 Å². The van der Waals surface area contributed by atoms with Crippen LogP contribution in [0.2, 0.25) is 0 Å². The highest BCUT2D eigenvalue weighted by molar-refractivity contribution is 5.95. The normalized spacial score (nSPS) is 22.2.